The van der Waals surface area contributed by atoms with Crippen molar-refractivity contribution >= 4 is 0 Å². The second-order valence-electron chi connectivity index (χ2n) is 6.09. The van der Waals surface area contributed by atoms with Crippen molar-refractivity contribution in [2.75, 3.05) is 6.54 Å². The molecule has 1 aliphatic carbocycles. The van der Waals surface area contributed by atoms with E-state index >= 15 is 0 Å². The number of aryl methyl sites for hydroxylation is 2. The van der Waals surface area contributed by atoms with Gasteiger partial charge in [0.25, 0.3) is 0 Å². The molecule has 1 aromatic heterocycles. The van der Waals surface area contributed by atoms with Crippen LogP contribution in [0.3, 0.4) is 0 Å². The Morgan fingerprint density at radius 1 is 1.29 bits per heavy atom. The van der Waals surface area contributed by atoms with Gasteiger partial charge in [-0.2, -0.15) is 5.10 Å². The highest BCUT2D eigenvalue weighted by molar-refractivity contribution is 5.23. The van der Waals surface area contributed by atoms with Crippen LogP contribution in [0.5, 0.6) is 0 Å². The third-order valence-corrected chi connectivity index (χ3v) is 4.24. The molecule has 3 nitrogen and oxygen atoms in total. The highest BCUT2D eigenvalue weighted by Gasteiger charge is 2.23. The van der Waals surface area contributed by atoms with E-state index in [4.69, 9.17) is 0 Å². The summed E-state index contributed by atoms with van der Waals surface area (Å²) in [6.45, 7) is 6.24. The number of rotatable bonds is 7. The molecule has 0 radical (unpaired) electrons. The second-order valence-corrected chi connectivity index (χ2v) is 6.09. The number of nitrogens with zero attached hydrogens (tertiary/aromatic N) is 2. The van der Waals surface area contributed by atoms with Crippen molar-refractivity contribution in [2.24, 2.45) is 0 Å². The summed E-state index contributed by atoms with van der Waals surface area (Å²) < 4.78 is 2.14. The largest absolute Gasteiger partial charge is 0.313 e. The van der Waals surface area contributed by atoms with Crippen LogP contribution in [-0.4, -0.2) is 22.4 Å². The molecule has 1 saturated carbocycles. The van der Waals surface area contributed by atoms with Crippen LogP contribution in [0.15, 0.2) is 36.4 Å². The van der Waals surface area contributed by atoms with Crippen LogP contribution in [0, 0.1) is 6.92 Å². The van der Waals surface area contributed by atoms with Crippen molar-refractivity contribution < 1.29 is 0 Å². The van der Waals surface area contributed by atoms with Crippen molar-refractivity contribution in [2.45, 2.75) is 51.6 Å². The first-order valence-electron chi connectivity index (χ1n) is 8.08. The van der Waals surface area contributed by atoms with Crippen LogP contribution in [0.2, 0.25) is 0 Å². The minimum atomic E-state index is 0.521. The van der Waals surface area contributed by atoms with Gasteiger partial charge in [-0.1, -0.05) is 30.3 Å². The summed E-state index contributed by atoms with van der Waals surface area (Å²) in [6.07, 6.45) is 3.74. The normalized spacial score (nSPS) is 16.1. The lowest BCUT2D eigenvalue weighted by Gasteiger charge is -2.18. The predicted octanol–water partition coefficient (Wildman–Crippen LogP) is 3.29. The topological polar surface area (TPSA) is 29.9 Å². The van der Waals surface area contributed by atoms with Crippen LogP contribution < -0.4 is 5.32 Å². The summed E-state index contributed by atoms with van der Waals surface area (Å²) in [6, 6.07) is 13.9. The molecule has 0 bridgehead atoms. The van der Waals surface area contributed by atoms with Gasteiger partial charge in [-0.25, -0.2) is 0 Å². The maximum Gasteiger partial charge on any atom is 0.0596 e. The Bertz CT molecular complexity index is 569. The van der Waals surface area contributed by atoms with E-state index in [0.717, 1.165) is 31.2 Å². The fourth-order valence-electron chi connectivity index (χ4n) is 2.92. The van der Waals surface area contributed by atoms with Crippen LogP contribution in [0.25, 0.3) is 0 Å². The monoisotopic (exact) mass is 283 g/mol. The molecular formula is C18H25N3. The molecule has 3 heteroatoms. The van der Waals surface area contributed by atoms with E-state index in [1.807, 2.05) is 0 Å². The summed E-state index contributed by atoms with van der Waals surface area (Å²) in [7, 11) is 0. The van der Waals surface area contributed by atoms with Gasteiger partial charge in [0.15, 0.2) is 0 Å². The van der Waals surface area contributed by atoms with E-state index in [-0.39, 0.29) is 0 Å². The van der Waals surface area contributed by atoms with Crippen LogP contribution >= 0.6 is 0 Å². The maximum atomic E-state index is 4.58. The standard InChI is InChI=1S/C18H25N3/c1-3-21-18(11-14(2)20-21)12-16(13-19-17-9-10-17)15-7-5-4-6-8-15/h4-8,11,16-17,19H,3,9-10,12-13H2,1-2H3. The average molecular weight is 283 g/mol. The minimum absolute atomic E-state index is 0.521. The lowest BCUT2D eigenvalue weighted by Crippen LogP contribution is -2.25. The van der Waals surface area contributed by atoms with Gasteiger partial charge < -0.3 is 5.32 Å². The molecular weight excluding hydrogens is 258 g/mol. The van der Waals surface area contributed by atoms with Crippen molar-refractivity contribution in [1.82, 2.24) is 15.1 Å². The third-order valence-electron chi connectivity index (χ3n) is 4.24. The molecule has 1 atom stereocenters. The summed E-state index contributed by atoms with van der Waals surface area (Å²) in [5.41, 5.74) is 3.89. The molecule has 2 aromatic rings. The Hall–Kier alpha value is -1.61. The van der Waals surface area contributed by atoms with Gasteiger partial charge in [0, 0.05) is 30.7 Å². The molecule has 0 aliphatic heterocycles. The Labute approximate surface area is 127 Å². The Morgan fingerprint density at radius 2 is 2.05 bits per heavy atom. The zero-order valence-corrected chi connectivity index (χ0v) is 13.0. The number of aromatic nitrogens is 2. The van der Waals surface area contributed by atoms with Gasteiger partial charge in [0.1, 0.15) is 0 Å². The molecule has 1 aromatic carbocycles. The Morgan fingerprint density at radius 3 is 2.71 bits per heavy atom. The summed E-state index contributed by atoms with van der Waals surface area (Å²) in [5.74, 6) is 0.521. The van der Waals surface area contributed by atoms with Crippen molar-refractivity contribution in [1.29, 1.82) is 0 Å². The molecule has 112 valence electrons. The Kier molecular flexibility index (Phi) is 4.39. The fraction of sp³-hybridized carbons (Fsp3) is 0.500. The molecule has 0 amide bonds. The van der Waals surface area contributed by atoms with E-state index in [2.05, 4.69) is 65.3 Å². The van der Waals surface area contributed by atoms with Crippen LogP contribution in [0.4, 0.5) is 0 Å². The molecule has 0 saturated heterocycles. The van der Waals surface area contributed by atoms with E-state index in [1.54, 1.807) is 0 Å². The summed E-state index contributed by atoms with van der Waals surface area (Å²) in [4.78, 5) is 0. The molecule has 3 rings (SSSR count). The number of benzene rings is 1. The second kappa shape index (κ2) is 6.44. The van der Waals surface area contributed by atoms with E-state index in [0.29, 0.717) is 5.92 Å². The first-order chi connectivity index (χ1) is 10.3. The smallest absolute Gasteiger partial charge is 0.0596 e. The summed E-state index contributed by atoms with van der Waals surface area (Å²) in [5, 5.41) is 8.27. The molecule has 1 heterocycles. The zero-order valence-electron chi connectivity index (χ0n) is 13.0. The number of nitrogens with one attached hydrogen (secondary N) is 1. The molecule has 1 N–H and O–H groups in total. The molecule has 1 aliphatic rings. The maximum absolute atomic E-state index is 4.58. The first kappa shape index (κ1) is 14.3. The van der Waals surface area contributed by atoms with Gasteiger partial charge in [0.05, 0.1) is 5.69 Å². The third kappa shape index (κ3) is 3.73. The number of hydrogen-bond acceptors (Lipinski definition) is 2. The van der Waals surface area contributed by atoms with Crippen molar-refractivity contribution in [3.63, 3.8) is 0 Å². The highest BCUT2D eigenvalue weighted by Crippen LogP contribution is 2.24. The first-order valence-corrected chi connectivity index (χ1v) is 8.08. The van der Waals surface area contributed by atoms with Crippen molar-refractivity contribution in [3.05, 3.63) is 53.3 Å². The fourth-order valence-corrected chi connectivity index (χ4v) is 2.92. The van der Waals surface area contributed by atoms with Crippen LogP contribution in [0.1, 0.15) is 42.6 Å². The average Bonchev–Trinajstić information content (AvgIpc) is 3.27. The predicted molar refractivity (Wildman–Crippen MR) is 86.5 cm³/mol. The van der Waals surface area contributed by atoms with Gasteiger partial charge in [-0.3, -0.25) is 4.68 Å². The summed E-state index contributed by atoms with van der Waals surface area (Å²) >= 11 is 0. The van der Waals surface area contributed by atoms with Crippen molar-refractivity contribution in [3.8, 4) is 0 Å². The van der Waals surface area contributed by atoms with E-state index in [1.165, 1.54) is 24.1 Å². The van der Waals surface area contributed by atoms with E-state index in [9.17, 15) is 0 Å². The van der Waals surface area contributed by atoms with Gasteiger partial charge in [-0.05, 0) is 44.7 Å². The van der Waals surface area contributed by atoms with Gasteiger partial charge in [-0.15, -0.1) is 0 Å². The van der Waals surface area contributed by atoms with E-state index < -0.39 is 0 Å². The quantitative estimate of drug-likeness (QED) is 0.845. The molecule has 0 spiro atoms. The van der Waals surface area contributed by atoms with Gasteiger partial charge >= 0.3 is 0 Å². The SMILES string of the molecule is CCn1nc(C)cc1CC(CNC1CC1)c1ccccc1. The number of hydrogen-bond donors (Lipinski definition) is 1. The molecule has 1 fully saturated rings. The minimum Gasteiger partial charge on any atom is -0.313 e. The lowest BCUT2D eigenvalue weighted by molar-refractivity contribution is 0.541. The molecule has 1 unspecified atom stereocenters. The van der Waals surface area contributed by atoms with Gasteiger partial charge in [0.2, 0.25) is 0 Å². The van der Waals surface area contributed by atoms with Crippen LogP contribution in [-0.2, 0) is 13.0 Å². The zero-order chi connectivity index (χ0) is 14.7. The molecule has 21 heavy (non-hydrogen) atoms. The Balaban J connectivity index is 1.77. The lowest BCUT2D eigenvalue weighted by atomic mass is 9.94. The highest BCUT2D eigenvalue weighted by atomic mass is 15.3.